The van der Waals surface area contributed by atoms with Crippen molar-refractivity contribution < 1.29 is 10.0 Å². The highest BCUT2D eigenvalue weighted by Crippen LogP contribution is 2.30. The maximum Gasteiger partial charge on any atom is 0.273 e. The normalized spacial score (nSPS) is 12.2. The Balaban J connectivity index is 2.79. The maximum atomic E-state index is 10.8. The van der Waals surface area contributed by atoms with Gasteiger partial charge in [0, 0.05) is 28.3 Å². The predicted octanol–water partition coefficient (Wildman–Crippen LogP) is 3.24. The number of nitro benzene ring substituents is 1. The number of hydrogen-bond acceptors (Lipinski definition) is 4. The molecule has 0 fully saturated rings. The van der Waals surface area contributed by atoms with E-state index in [2.05, 4.69) is 21.2 Å². The van der Waals surface area contributed by atoms with Crippen LogP contribution in [-0.4, -0.2) is 22.7 Å². The van der Waals surface area contributed by atoms with E-state index >= 15 is 0 Å². The first-order valence-corrected chi connectivity index (χ1v) is 6.61. The van der Waals surface area contributed by atoms with Crippen LogP contribution in [0.5, 0.6) is 0 Å². The van der Waals surface area contributed by atoms with E-state index in [0.29, 0.717) is 16.6 Å². The lowest BCUT2D eigenvalue weighted by Gasteiger charge is -2.13. The van der Waals surface area contributed by atoms with Crippen LogP contribution in [0.1, 0.15) is 25.3 Å². The minimum atomic E-state index is -0.407. The number of aliphatic hydroxyl groups is 1. The van der Waals surface area contributed by atoms with Gasteiger partial charge in [0.15, 0.2) is 0 Å². The Kier molecular flexibility index (Phi) is 5.55. The molecule has 6 heteroatoms. The van der Waals surface area contributed by atoms with E-state index in [1.54, 1.807) is 13.0 Å². The molecule has 0 saturated heterocycles. The SMILES string of the molecule is CCCC(O)CNc1cc(C)c([N+](=O)[O-])cc1Br. The molecular weight excluding hydrogens is 300 g/mol. The summed E-state index contributed by atoms with van der Waals surface area (Å²) in [6.07, 6.45) is 1.25. The Morgan fingerprint density at radius 1 is 1.56 bits per heavy atom. The quantitative estimate of drug-likeness (QED) is 0.624. The molecule has 0 bridgehead atoms. The Bertz CT molecular complexity index is 438. The summed E-state index contributed by atoms with van der Waals surface area (Å²) in [6, 6.07) is 3.19. The molecule has 0 radical (unpaired) electrons. The molecule has 1 unspecified atom stereocenters. The zero-order valence-electron chi connectivity index (χ0n) is 10.4. The van der Waals surface area contributed by atoms with Gasteiger partial charge in [0.25, 0.3) is 5.69 Å². The number of halogens is 1. The first kappa shape index (κ1) is 14.9. The van der Waals surface area contributed by atoms with Crippen LogP contribution in [0.15, 0.2) is 16.6 Å². The van der Waals surface area contributed by atoms with Crippen molar-refractivity contribution in [3.63, 3.8) is 0 Å². The maximum absolute atomic E-state index is 10.8. The van der Waals surface area contributed by atoms with Crippen LogP contribution in [0.2, 0.25) is 0 Å². The first-order valence-electron chi connectivity index (χ1n) is 5.82. The van der Waals surface area contributed by atoms with Crippen molar-refractivity contribution in [2.45, 2.75) is 32.8 Å². The van der Waals surface area contributed by atoms with Gasteiger partial charge in [0.1, 0.15) is 0 Å². The summed E-state index contributed by atoms with van der Waals surface area (Å²) in [5.74, 6) is 0. The molecule has 1 aromatic rings. The summed E-state index contributed by atoms with van der Waals surface area (Å²) in [4.78, 5) is 10.4. The number of hydrogen-bond donors (Lipinski definition) is 2. The zero-order chi connectivity index (χ0) is 13.7. The van der Waals surface area contributed by atoms with Gasteiger partial charge in [-0.15, -0.1) is 0 Å². The molecule has 1 atom stereocenters. The minimum Gasteiger partial charge on any atom is -0.391 e. The highest BCUT2D eigenvalue weighted by atomic mass is 79.9. The molecule has 0 amide bonds. The van der Waals surface area contributed by atoms with Crippen LogP contribution < -0.4 is 5.32 Å². The number of benzene rings is 1. The van der Waals surface area contributed by atoms with Gasteiger partial charge in [0.2, 0.25) is 0 Å². The lowest BCUT2D eigenvalue weighted by molar-refractivity contribution is -0.385. The molecule has 18 heavy (non-hydrogen) atoms. The Morgan fingerprint density at radius 3 is 2.78 bits per heavy atom. The fourth-order valence-corrected chi connectivity index (χ4v) is 2.14. The smallest absolute Gasteiger partial charge is 0.273 e. The van der Waals surface area contributed by atoms with Crippen LogP contribution in [0.4, 0.5) is 11.4 Å². The zero-order valence-corrected chi connectivity index (χ0v) is 12.0. The van der Waals surface area contributed by atoms with Crippen LogP contribution in [0.25, 0.3) is 0 Å². The largest absolute Gasteiger partial charge is 0.391 e. The molecule has 0 heterocycles. The van der Waals surface area contributed by atoms with Gasteiger partial charge < -0.3 is 10.4 Å². The monoisotopic (exact) mass is 316 g/mol. The predicted molar refractivity (Wildman–Crippen MR) is 74.9 cm³/mol. The standard InChI is InChI=1S/C12H17BrN2O3/c1-3-4-9(16)7-14-11-5-8(2)12(15(17)18)6-10(11)13/h5-6,9,14,16H,3-4,7H2,1-2H3. The molecular formula is C12H17BrN2O3. The lowest BCUT2D eigenvalue weighted by Crippen LogP contribution is -2.19. The summed E-state index contributed by atoms with van der Waals surface area (Å²) < 4.78 is 0.628. The second-order valence-electron chi connectivity index (χ2n) is 4.20. The summed E-state index contributed by atoms with van der Waals surface area (Å²) >= 11 is 3.29. The van der Waals surface area contributed by atoms with Crippen molar-refractivity contribution in [3.8, 4) is 0 Å². The molecule has 1 aromatic carbocycles. The molecule has 0 spiro atoms. The van der Waals surface area contributed by atoms with Crippen LogP contribution in [0, 0.1) is 17.0 Å². The third kappa shape index (κ3) is 3.96. The Labute approximate surface area is 114 Å². The number of anilines is 1. The van der Waals surface area contributed by atoms with E-state index in [1.165, 1.54) is 6.07 Å². The van der Waals surface area contributed by atoms with Crippen molar-refractivity contribution in [3.05, 3.63) is 32.3 Å². The number of nitrogens with zero attached hydrogens (tertiary/aromatic N) is 1. The summed E-state index contributed by atoms with van der Waals surface area (Å²) in [7, 11) is 0. The van der Waals surface area contributed by atoms with Crippen molar-refractivity contribution in [2.24, 2.45) is 0 Å². The Morgan fingerprint density at radius 2 is 2.22 bits per heavy atom. The van der Waals surface area contributed by atoms with Gasteiger partial charge >= 0.3 is 0 Å². The number of nitrogens with one attached hydrogen (secondary N) is 1. The minimum absolute atomic E-state index is 0.0848. The van der Waals surface area contributed by atoms with Gasteiger partial charge in [-0.05, 0) is 35.3 Å². The van der Waals surface area contributed by atoms with Crippen LogP contribution >= 0.6 is 15.9 Å². The van der Waals surface area contributed by atoms with Gasteiger partial charge in [-0.25, -0.2) is 0 Å². The van der Waals surface area contributed by atoms with E-state index in [1.807, 2.05) is 6.92 Å². The molecule has 100 valence electrons. The van der Waals surface area contributed by atoms with Gasteiger partial charge in [0.05, 0.1) is 11.0 Å². The summed E-state index contributed by atoms with van der Waals surface area (Å²) in [5, 5.41) is 23.5. The molecule has 0 aliphatic carbocycles. The van der Waals surface area contributed by atoms with E-state index in [-0.39, 0.29) is 5.69 Å². The second-order valence-corrected chi connectivity index (χ2v) is 5.05. The molecule has 0 aliphatic rings. The number of aryl methyl sites for hydroxylation is 1. The molecule has 2 N–H and O–H groups in total. The molecule has 0 saturated carbocycles. The average Bonchev–Trinajstić information content (AvgIpc) is 2.29. The summed E-state index contributed by atoms with van der Waals surface area (Å²) in [6.45, 7) is 4.14. The lowest BCUT2D eigenvalue weighted by atomic mass is 10.1. The topological polar surface area (TPSA) is 75.4 Å². The fraction of sp³-hybridized carbons (Fsp3) is 0.500. The van der Waals surface area contributed by atoms with E-state index in [9.17, 15) is 15.2 Å². The highest BCUT2D eigenvalue weighted by molar-refractivity contribution is 9.10. The van der Waals surface area contributed by atoms with E-state index in [0.717, 1.165) is 18.5 Å². The van der Waals surface area contributed by atoms with Crippen LogP contribution in [0.3, 0.4) is 0 Å². The molecule has 1 rings (SSSR count). The Hall–Kier alpha value is -1.14. The molecule has 5 nitrogen and oxygen atoms in total. The first-order chi connectivity index (χ1) is 8.45. The van der Waals surface area contributed by atoms with E-state index < -0.39 is 11.0 Å². The average molecular weight is 317 g/mol. The van der Waals surface area contributed by atoms with Gasteiger partial charge in [-0.1, -0.05) is 13.3 Å². The molecule has 0 aliphatic heterocycles. The van der Waals surface area contributed by atoms with Crippen molar-refractivity contribution >= 4 is 27.3 Å². The fourth-order valence-electron chi connectivity index (χ4n) is 1.67. The molecule has 0 aromatic heterocycles. The highest BCUT2D eigenvalue weighted by Gasteiger charge is 2.14. The van der Waals surface area contributed by atoms with Crippen molar-refractivity contribution in [1.82, 2.24) is 0 Å². The van der Waals surface area contributed by atoms with Crippen molar-refractivity contribution in [1.29, 1.82) is 0 Å². The number of rotatable bonds is 6. The van der Waals surface area contributed by atoms with Gasteiger partial charge in [-0.2, -0.15) is 0 Å². The summed E-state index contributed by atoms with van der Waals surface area (Å²) in [5.41, 5.74) is 1.44. The third-order valence-electron chi connectivity index (χ3n) is 2.63. The van der Waals surface area contributed by atoms with Gasteiger partial charge in [-0.3, -0.25) is 10.1 Å². The number of aliphatic hydroxyl groups excluding tert-OH is 1. The second kappa shape index (κ2) is 6.70. The third-order valence-corrected chi connectivity index (χ3v) is 3.29. The van der Waals surface area contributed by atoms with Crippen LogP contribution in [-0.2, 0) is 0 Å². The number of nitro groups is 1. The van der Waals surface area contributed by atoms with Crippen molar-refractivity contribution in [2.75, 3.05) is 11.9 Å². The van der Waals surface area contributed by atoms with E-state index in [4.69, 9.17) is 0 Å².